The minimum Gasteiger partial charge on any atom is -0.487 e. The average molecular weight is 478 g/mol. The number of aromatic nitrogens is 2. The summed E-state index contributed by atoms with van der Waals surface area (Å²) < 4.78 is 8.12. The van der Waals surface area contributed by atoms with Gasteiger partial charge < -0.3 is 15.8 Å². The molecule has 0 radical (unpaired) electrons. The lowest BCUT2D eigenvalue weighted by atomic mass is 10.1. The number of hydrogen-bond donors (Lipinski definition) is 2. The van der Waals surface area contributed by atoms with Gasteiger partial charge in [-0.2, -0.15) is 5.10 Å². The molecular weight excluding hydrogens is 460 g/mol. The van der Waals surface area contributed by atoms with Gasteiger partial charge in [0.15, 0.2) is 5.69 Å². The smallest absolute Gasteiger partial charge is 0.271 e. The van der Waals surface area contributed by atoms with Crippen molar-refractivity contribution >= 4 is 45.0 Å². The zero-order valence-corrected chi connectivity index (χ0v) is 17.8. The predicted molar refractivity (Wildman–Crippen MR) is 114 cm³/mol. The van der Waals surface area contributed by atoms with Gasteiger partial charge in [-0.15, -0.1) is 0 Å². The number of nitrogens with one attached hydrogen (secondary N) is 1. The van der Waals surface area contributed by atoms with Crippen LogP contribution in [0.4, 0.5) is 5.69 Å². The third kappa shape index (κ3) is 5.16. The molecule has 1 heterocycles. The standard InChI is InChI=1S/C20H18BrClN4O3/c1-2-26-10-16(18(25-26)19(23)27)24-20(28)13-5-3-12(4-6-13)11-29-17-8-7-14(21)9-15(17)22/h3-10H,2,11H2,1H3,(H2,23,27)(H,24,28). The number of ether oxygens (including phenoxy) is 1. The quantitative estimate of drug-likeness (QED) is 0.531. The van der Waals surface area contributed by atoms with Gasteiger partial charge in [0.1, 0.15) is 12.4 Å². The van der Waals surface area contributed by atoms with Gasteiger partial charge in [0.2, 0.25) is 0 Å². The van der Waals surface area contributed by atoms with Gasteiger partial charge in [-0.3, -0.25) is 14.3 Å². The van der Waals surface area contributed by atoms with Gasteiger partial charge in [-0.1, -0.05) is 39.7 Å². The minimum atomic E-state index is -0.702. The van der Waals surface area contributed by atoms with Gasteiger partial charge in [-0.05, 0) is 42.8 Å². The third-order valence-electron chi connectivity index (χ3n) is 4.07. The van der Waals surface area contributed by atoms with Gasteiger partial charge in [0, 0.05) is 22.8 Å². The fourth-order valence-electron chi connectivity index (χ4n) is 2.56. The molecule has 7 nitrogen and oxygen atoms in total. The summed E-state index contributed by atoms with van der Waals surface area (Å²) in [5.41, 5.74) is 6.93. The van der Waals surface area contributed by atoms with Crippen LogP contribution in [0.3, 0.4) is 0 Å². The Morgan fingerprint density at radius 1 is 1.24 bits per heavy atom. The highest BCUT2D eigenvalue weighted by molar-refractivity contribution is 9.10. The van der Waals surface area contributed by atoms with Crippen molar-refractivity contribution in [1.82, 2.24) is 9.78 Å². The van der Waals surface area contributed by atoms with Crippen LogP contribution in [-0.2, 0) is 13.2 Å². The number of benzene rings is 2. The number of hydrogen-bond acceptors (Lipinski definition) is 4. The molecule has 29 heavy (non-hydrogen) atoms. The van der Waals surface area contributed by atoms with E-state index in [-0.39, 0.29) is 17.3 Å². The molecule has 0 unspecified atom stereocenters. The molecule has 2 amide bonds. The summed E-state index contributed by atoms with van der Waals surface area (Å²) in [5.74, 6) is -0.498. The molecule has 150 valence electrons. The third-order valence-corrected chi connectivity index (χ3v) is 4.86. The molecule has 3 rings (SSSR count). The van der Waals surface area contributed by atoms with Crippen molar-refractivity contribution in [2.45, 2.75) is 20.1 Å². The normalized spacial score (nSPS) is 10.6. The number of halogens is 2. The molecule has 0 aliphatic heterocycles. The number of carbonyl (C=O) groups excluding carboxylic acids is 2. The van der Waals surface area contributed by atoms with E-state index in [2.05, 4.69) is 26.3 Å². The van der Waals surface area contributed by atoms with Gasteiger partial charge in [-0.25, -0.2) is 0 Å². The molecular formula is C20H18BrClN4O3. The van der Waals surface area contributed by atoms with Crippen molar-refractivity contribution in [2.75, 3.05) is 5.32 Å². The first-order chi connectivity index (χ1) is 13.9. The van der Waals surface area contributed by atoms with Crippen LogP contribution in [-0.4, -0.2) is 21.6 Å². The van der Waals surface area contributed by atoms with Gasteiger partial charge in [0.05, 0.1) is 10.7 Å². The second-order valence-electron chi connectivity index (χ2n) is 6.13. The number of aryl methyl sites for hydroxylation is 1. The zero-order chi connectivity index (χ0) is 21.0. The summed E-state index contributed by atoms with van der Waals surface area (Å²) >= 11 is 9.49. The highest BCUT2D eigenvalue weighted by Gasteiger charge is 2.17. The Balaban J connectivity index is 1.66. The number of anilines is 1. The highest BCUT2D eigenvalue weighted by Crippen LogP contribution is 2.28. The monoisotopic (exact) mass is 476 g/mol. The topological polar surface area (TPSA) is 99.2 Å². The Kier molecular flexibility index (Phi) is 6.56. The first-order valence-corrected chi connectivity index (χ1v) is 9.90. The van der Waals surface area contributed by atoms with Crippen molar-refractivity contribution in [3.63, 3.8) is 0 Å². The zero-order valence-electron chi connectivity index (χ0n) is 15.5. The lowest BCUT2D eigenvalue weighted by Crippen LogP contribution is -2.18. The molecule has 0 fully saturated rings. The Hall–Kier alpha value is -2.84. The maximum absolute atomic E-state index is 12.5. The van der Waals surface area contributed by atoms with Crippen molar-refractivity contribution in [3.8, 4) is 5.75 Å². The second kappa shape index (κ2) is 9.11. The van der Waals surface area contributed by atoms with Gasteiger partial charge in [0.25, 0.3) is 11.8 Å². The van der Waals surface area contributed by atoms with E-state index in [0.29, 0.717) is 29.5 Å². The number of amides is 2. The molecule has 0 atom stereocenters. The molecule has 3 aromatic rings. The molecule has 0 spiro atoms. The molecule has 3 N–H and O–H groups in total. The van der Waals surface area contributed by atoms with E-state index in [1.54, 1.807) is 42.6 Å². The van der Waals surface area contributed by atoms with Crippen LogP contribution in [0, 0.1) is 0 Å². The molecule has 0 saturated carbocycles. The van der Waals surface area contributed by atoms with Crippen molar-refractivity contribution in [2.24, 2.45) is 5.73 Å². The van der Waals surface area contributed by atoms with E-state index >= 15 is 0 Å². The van der Waals surface area contributed by atoms with Crippen molar-refractivity contribution < 1.29 is 14.3 Å². The van der Waals surface area contributed by atoms with E-state index in [9.17, 15) is 9.59 Å². The van der Waals surface area contributed by atoms with Crippen LogP contribution < -0.4 is 15.8 Å². The van der Waals surface area contributed by atoms with Crippen LogP contribution in [0.25, 0.3) is 0 Å². The maximum Gasteiger partial charge on any atom is 0.271 e. The van der Waals surface area contributed by atoms with Crippen molar-refractivity contribution in [3.05, 3.63) is 75.0 Å². The summed E-state index contributed by atoms with van der Waals surface area (Å²) in [7, 11) is 0. The summed E-state index contributed by atoms with van der Waals surface area (Å²) in [4.78, 5) is 24.0. The molecule has 0 bridgehead atoms. The van der Waals surface area contributed by atoms with Crippen LogP contribution in [0.1, 0.15) is 33.3 Å². The number of nitrogens with two attached hydrogens (primary N) is 1. The van der Waals surface area contributed by atoms with E-state index in [1.807, 2.05) is 13.0 Å². The fraction of sp³-hybridized carbons (Fsp3) is 0.150. The summed E-state index contributed by atoms with van der Waals surface area (Å²) in [6.07, 6.45) is 1.57. The van der Waals surface area contributed by atoms with E-state index in [1.165, 1.54) is 4.68 Å². The molecule has 0 aliphatic rings. The first kappa shape index (κ1) is 20.9. The van der Waals surface area contributed by atoms with Crippen LogP contribution in [0.2, 0.25) is 5.02 Å². The number of nitrogens with zero attached hydrogens (tertiary/aromatic N) is 2. The van der Waals surface area contributed by atoms with Crippen LogP contribution in [0.15, 0.2) is 53.1 Å². The Bertz CT molecular complexity index is 1050. The van der Waals surface area contributed by atoms with Gasteiger partial charge >= 0.3 is 0 Å². The first-order valence-electron chi connectivity index (χ1n) is 8.72. The highest BCUT2D eigenvalue weighted by atomic mass is 79.9. The van der Waals surface area contributed by atoms with Crippen LogP contribution >= 0.6 is 27.5 Å². The molecule has 0 saturated heterocycles. The second-order valence-corrected chi connectivity index (χ2v) is 7.45. The molecule has 0 aliphatic carbocycles. The summed E-state index contributed by atoms with van der Waals surface area (Å²) in [6.45, 7) is 2.72. The van der Waals surface area contributed by atoms with Crippen molar-refractivity contribution in [1.29, 1.82) is 0 Å². The SMILES string of the molecule is CCn1cc(NC(=O)c2ccc(COc3ccc(Br)cc3Cl)cc2)c(C(N)=O)n1. The largest absolute Gasteiger partial charge is 0.487 e. The predicted octanol–water partition coefficient (Wildman–Crippen LogP) is 4.25. The number of primary amides is 1. The lowest BCUT2D eigenvalue weighted by molar-refractivity contribution is 0.0995. The Morgan fingerprint density at radius 3 is 2.59 bits per heavy atom. The minimum absolute atomic E-state index is 0.0246. The molecule has 1 aromatic heterocycles. The van der Waals surface area contributed by atoms with E-state index in [0.717, 1.165) is 10.0 Å². The fourth-order valence-corrected chi connectivity index (χ4v) is 3.28. The van der Waals surface area contributed by atoms with Crippen LogP contribution in [0.5, 0.6) is 5.75 Å². The summed E-state index contributed by atoms with van der Waals surface area (Å²) in [6, 6.07) is 12.3. The maximum atomic E-state index is 12.5. The molecule has 2 aromatic carbocycles. The van der Waals surface area contributed by atoms with E-state index < -0.39 is 5.91 Å². The Morgan fingerprint density at radius 2 is 1.97 bits per heavy atom. The summed E-state index contributed by atoms with van der Waals surface area (Å²) in [5, 5.41) is 7.24. The molecule has 9 heteroatoms. The number of rotatable bonds is 7. The number of carbonyl (C=O) groups is 2. The average Bonchev–Trinajstić information content (AvgIpc) is 3.11. The van der Waals surface area contributed by atoms with E-state index in [4.69, 9.17) is 22.1 Å². The Labute approximate surface area is 180 Å². The lowest BCUT2D eigenvalue weighted by Gasteiger charge is -2.09.